The number of hydrogen-bond acceptors (Lipinski definition) is 3. The molecule has 0 bridgehead atoms. The Kier molecular flexibility index (Phi) is 9.98. The normalized spacial score (nSPS) is 11.8. The van der Waals surface area contributed by atoms with E-state index < -0.39 is 12.0 Å². The number of unbranched alkanes of at least 4 members (excludes halogenated alkanes) is 5. The fourth-order valence-electron chi connectivity index (χ4n) is 3.56. The molecule has 0 unspecified atom stereocenters. The van der Waals surface area contributed by atoms with Crippen LogP contribution >= 0.6 is 0 Å². The Morgan fingerprint density at radius 3 is 1.86 bits per heavy atom. The SMILES string of the molecule is CCCCCCCC[C@@H](NC(=O)C(c1ccccc1)c1ccccc1)C(=O)OC. The van der Waals surface area contributed by atoms with E-state index in [9.17, 15) is 9.59 Å². The van der Waals surface area contributed by atoms with Gasteiger partial charge in [-0.05, 0) is 17.5 Å². The van der Waals surface area contributed by atoms with E-state index in [2.05, 4.69) is 12.2 Å². The molecule has 1 atom stereocenters. The molecule has 0 aromatic heterocycles. The number of hydrogen-bond donors (Lipinski definition) is 1. The first-order valence-corrected chi connectivity index (χ1v) is 10.7. The van der Waals surface area contributed by atoms with Crippen LogP contribution in [0.5, 0.6) is 0 Å². The molecule has 2 aromatic rings. The van der Waals surface area contributed by atoms with E-state index >= 15 is 0 Å². The molecule has 156 valence electrons. The average molecular weight is 396 g/mol. The molecule has 0 saturated carbocycles. The lowest BCUT2D eigenvalue weighted by Gasteiger charge is -2.22. The fourth-order valence-corrected chi connectivity index (χ4v) is 3.56. The number of carbonyl (C=O) groups is 2. The van der Waals surface area contributed by atoms with Crippen molar-refractivity contribution < 1.29 is 14.3 Å². The molecule has 0 aliphatic rings. The minimum absolute atomic E-state index is 0.177. The third-order valence-electron chi connectivity index (χ3n) is 5.18. The quantitative estimate of drug-likeness (QED) is 0.396. The van der Waals surface area contributed by atoms with Gasteiger partial charge in [-0.2, -0.15) is 0 Å². The Morgan fingerprint density at radius 1 is 0.828 bits per heavy atom. The first-order chi connectivity index (χ1) is 14.2. The molecule has 0 aliphatic carbocycles. The average Bonchev–Trinajstić information content (AvgIpc) is 2.76. The number of methoxy groups -OCH3 is 1. The van der Waals surface area contributed by atoms with Crippen LogP contribution < -0.4 is 5.32 Å². The van der Waals surface area contributed by atoms with Crippen LogP contribution in [0.25, 0.3) is 0 Å². The van der Waals surface area contributed by atoms with Crippen molar-refractivity contribution in [1.29, 1.82) is 0 Å². The highest BCUT2D eigenvalue weighted by atomic mass is 16.5. The summed E-state index contributed by atoms with van der Waals surface area (Å²) in [6.45, 7) is 2.19. The number of benzene rings is 2. The molecule has 0 spiro atoms. The molecule has 2 aromatic carbocycles. The van der Waals surface area contributed by atoms with E-state index in [1.807, 2.05) is 60.7 Å². The second-order valence-electron chi connectivity index (χ2n) is 7.40. The molecule has 1 amide bonds. The van der Waals surface area contributed by atoms with E-state index in [0.717, 1.165) is 30.4 Å². The van der Waals surface area contributed by atoms with Gasteiger partial charge in [0.15, 0.2) is 0 Å². The van der Waals surface area contributed by atoms with Gasteiger partial charge in [0.2, 0.25) is 5.91 Å². The van der Waals surface area contributed by atoms with Gasteiger partial charge >= 0.3 is 5.97 Å². The Balaban J connectivity index is 2.08. The van der Waals surface area contributed by atoms with Gasteiger partial charge in [-0.15, -0.1) is 0 Å². The molecule has 4 nitrogen and oxygen atoms in total. The zero-order chi connectivity index (χ0) is 20.9. The van der Waals surface area contributed by atoms with E-state index in [1.54, 1.807) is 0 Å². The zero-order valence-corrected chi connectivity index (χ0v) is 17.6. The summed E-state index contributed by atoms with van der Waals surface area (Å²) < 4.78 is 4.95. The lowest BCUT2D eigenvalue weighted by molar-refractivity contribution is -0.145. The van der Waals surface area contributed by atoms with Crippen molar-refractivity contribution in [2.75, 3.05) is 7.11 Å². The van der Waals surface area contributed by atoms with Gasteiger partial charge < -0.3 is 10.1 Å². The maximum absolute atomic E-state index is 13.2. The minimum atomic E-state index is -0.617. The monoisotopic (exact) mass is 395 g/mol. The maximum Gasteiger partial charge on any atom is 0.328 e. The predicted octanol–water partition coefficient (Wildman–Crippen LogP) is 5.23. The van der Waals surface area contributed by atoms with Crippen LogP contribution in [-0.2, 0) is 14.3 Å². The van der Waals surface area contributed by atoms with Crippen molar-refractivity contribution in [2.45, 2.75) is 63.8 Å². The molecule has 0 fully saturated rings. The smallest absolute Gasteiger partial charge is 0.328 e. The van der Waals surface area contributed by atoms with E-state index in [0.29, 0.717) is 6.42 Å². The minimum Gasteiger partial charge on any atom is -0.467 e. The Bertz CT molecular complexity index is 691. The zero-order valence-electron chi connectivity index (χ0n) is 17.6. The van der Waals surface area contributed by atoms with Crippen LogP contribution in [-0.4, -0.2) is 25.0 Å². The number of ether oxygens (including phenoxy) is 1. The standard InChI is InChI=1S/C25H33NO3/c1-3-4-5-6-7-14-19-22(25(28)29-2)26-24(27)23(20-15-10-8-11-16-20)21-17-12-9-13-18-21/h8-13,15-18,22-23H,3-7,14,19H2,1-2H3,(H,26,27)/t22-/m1/s1. The molecule has 0 heterocycles. The lowest BCUT2D eigenvalue weighted by Crippen LogP contribution is -2.43. The van der Waals surface area contributed by atoms with Crippen molar-refractivity contribution in [3.8, 4) is 0 Å². The summed E-state index contributed by atoms with van der Waals surface area (Å²) in [5.74, 6) is -1.02. The summed E-state index contributed by atoms with van der Waals surface area (Å²) in [7, 11) is 1.37. The molecular formula is C25H33NO3. The Hall–Kier alpha value is -2.62. The molecule has 4 heteroatoms. The number of nitrogens with one attached hydrogen (secondary N) is 1. The van der Waals surface area contributed by atoms with Gasteiger partial charge in [-0.1, -0.05) is 106 Å². The highest BCUT2D eigenvalue weighted by Gasteiger charge is 2.28. The van der Waals surface area contributed by atoms with Crippen molar-refractivity contribution in [1.82, 2.24) is 5.32 Å². The van der Waals surface area contributed by atoms with Crippen molar-refractivity contribution >= 4 is 11.9 Å². The third kappa shape index (κ3) is 7.37. The summed E-state index contributed by atoms with van der Waals surface area (Å²) in [5, 5.41) is 2.95. The van der Waals surface area contributed by atoms with Crippen LogP contribution in [0.1, 0.15) is 68.9 Å². The second-order valence-corrected chi connectivity index (χ2v) is 7.40. The van der Waals surface area contributed by atoms with E-state index in [-0.39, 0.29) is 11.9 Å². The van der Waals surface area contributed by atoms with Crippen molar-refractivity contribution in [3.05, 3.63) is 71.8 Å². The number of rotatable bonds is 12. The highest BCUT2D eigenvalue weighted by Crippen LogP contribution is 2.25. The molecule has 0 radical (unpaired) electrons. The summed E-state index contributed by atoms with van der Waals surface area (Å²) in [4.78, 5) is 25.5. The Labute approximate surface area is 174 Å². The van der Waals surface area contributed by atoms with Gasteiger partial charge in [0.1, 0.15) is 6.04 Å². The summed E-state index contributed by atoms with van der Waals surface area (Å²) in [6.07, 6.45) is 7.38. The predicted molar refractivity (Wildman–Crippen MR) is 117 cm³/mol. The second kappa shape index (κ2) is 12.8. The maximum atomic E-state index is 13.2. The van der Waals surface area contributed by atoms with Crippen LogP contribution in [0.4, 0.5) is 0 Å². The summed E-state index contributed by atoms with van der Waals surface area (Å²) in [6, 6.07) is 18.7. The highest BCUT2D eigenvalue weighted by molar-refractivity contribution is 5.91. The van der Waals surface area contributed by atoms with Crippen molar-refractivity contribution in [3.63, 3.8) is 0 Å². The summed E-state index contributed by atoms with van der Waals surface area (Å²) in [5.41, 5.74) is 1.80. The van der Waals surface area contributed by atoms with Gasteiger partial charge in [0, 0.05) is 0 Å². The van der Waals surface area contributed by atoms with Crippen LogP contribution in [0.2, 0.25) is 0 Å². The number of amides is 1. The largest absolute Gasteiger partial charge is 0.467 e. The van der Waals surface area contributed by atoms with Gasteiger partial charge in [0.05, 0.1) is 13.0 Å². The van der Waals surface area contributed by atoms with Gasteiger partial charge in [0.25, 0.3) is 0 Å². The van der Waals surface area contributed by atoms with Crippen LogP contribution in [0.3, 0.4) is 0 Å². The van der Waals surface area contributed by atoms with Gasteiger partial charge in [-0.25, -0.2) is 4.79 Å². The molecule has 2 rings (SSSR count). The lowest BCUT2D eigenvalue weighted by atomic mass is 9.90. The molecule has 1 N–H and O–H groups in total. The van der Waals surface area contributed by atoms with Gasteiger partial charge in [-0.3, -0.25) is 4.79 Å². The van der Waals surface area contributed by atoms with E-state index in [4.69, 9.17) is 4.74 Å². The first kappa shape index (κ1) is 22.7. The number of esters is 1. The Morgan fingerprint density at radius 2 is 1.34 bits per heavy atom. The van der Waals surface area contributed by atoms with Crippen LogP contribution in [0, 0.1) is 0 Å². The first-order valence-electron chi connectivity index (χ1n) is 10.7. The van der Waals surface area contributed by atoms with Crippen molar-refractivity contribution in [2.24, 2.45) is 0 Å². The topological polar surface area (TPSA) is 55.4 Å². The molecular weight excluding hydrogens is 362 g/mol. The number of carbonyl (C=O) groups excluding carboxylic acids is 2. The summed E-state index contributed by atoms with van der Waals surface area (Å²) >= 11 is 0. The van der Waals surface area contributed by atoms with Crippen LogP contribution in [0.15, 0.2) is 60.7 Å². The molecule has 0 saturated heterocycles. The fraction of sp³-hybridized carbons (Fsp3) is 0.440. The molecule has 0 aliphatic heterocycles. The third-order valence-corrected chi connectivity index (χ3v) is 5.18. The van der Waals surface area contributed by atoms with E-state index in [1.165, 1.54) is 26.4 Å². The molecule has 29 heavy (non-hydrogen) atoms.